The monoisotopic (exact) mass is 426 g/mol. The number of alkyl halides is 2. The van der Waals surface area contributed by atoms with Gasteiger partial charge in [0.15, 0.2) is 0 Å². The van der Waals surface area contributed by atoms with Crippen LogP contribution in [0.2, 0.25) is 0 Å². The van der Waals surface area contributed by atoms with Crippen LogP contribution in [-0.4, -0.2) is 75.5 Å². The second kappa shape index (κ2) is 8.87. The summed E-state index contributed by atoms with van der Waals surface area (Å²) in [5, 5.41) is 1.98. The zero-order chi connectivity index (χ0) is 19.6. The first kappa shape index (κ1) is 21.2. The van der Waals surface area contributed by atoms with Gasteiger partial charge in [-0.25, -0.2) is 12.8 Å². The molecule has 156 valence electrons. The van der Waals surface area contributed by atoms with E-state index in [0.717, 1.165) is 13.2 Å². The van der Waals surface area contributed by atoms with Gasteiger partial charge in [-0.2, -0.15) is 0 Å². The number of rotatable bonds is 5. The summed E-state index contributed by atoms with van der Waals surface area (Å²) in [7, 11) is -1.73. The molecule has 0 aromatic carbocycles. The minimum absolute atomic E-state index is 0.0623. The van der Waals surface area contributed by atoms with Gasteiger partial charge in [-0.3, -0.25) is 20.4 Å². The summed E-state index contributed by atoms with van der Waals surface area (Å²) in [6.45, 7) is 2.30. The molecule has 2 saturated heterocycles. The van der Waals surface area contributed by atoms with Gasteiger partial charge < -0.3 is 4.74 Å². The van der Waals surface area contributed by atoms with Crippen LogP contribution in [0.5, 0.6) is 0 Å². The molecule has 0 bridgehead atoms. The lowest BCUT2D eigenvalue weighted by molar-refractivity contribution is -0.129. The van der Waals surface area contributed by atoms with Gasteiger partial charge >= 0.3 is 0 Å². The average molecular weight is 427 g/mol. The lowest BCUT2D eigenvalue weighted by Gasteiger charge is -2.37. The van der Waals surface area contributed by atoms with Crippen LogP contribution in [0.4, 0.5) is 4.39 Å². The number of carbonyl (C=O) groups excluding carboxylic acids is 1. The molecule has 2 aliphatic heterocycles. The first-order valence-electron chi connectivity index (χ1n) is 9.36. The fourth-order valence-electron chi connectivity index (χ4n) is 4.14. The number of hydrogen-bond acceptors (Lipinski definition) is 6. The molecule has 1 saturated carbocycles. The van der Waals surface area contributed by atoms with Gasteiger partial charge in [-0.05, 0) is 38.6 Å². The van der Waals surface area contributed by atoms with Gasteiger partial charge in [0.05, 0.1) is 16.5 Å². The minimum Gasteiger partial charge on any atom is -0.381 e. The van der Waals surface area contributed by atoms with E-state index < -0.39 is 38.6 Å². The van der Waals surface area contributed by atoms with Crippen molar-refractivity contribution in [1.29, 1.82) is 0 Å². The molecule has 1 amide bonds. The van der Waals surface area contributed by atoms with E-state index in [1.807, 2.05) is 7.05 Å². The predicted molar refractivity (Wildman–Crippen MR) is 99.2 cm³/mol. The second-order valence-corrected chi connectivity index (χ2v) is 10.3. The number of hydrogen-bond donors (Lipinski definition) is 3. The molecule has 2 heterocycles. The lowest BCUT2D eigenvalue weighted by atomic mass is 9.76. The zero-order valence-electron chi connectivity index (χ0n) is 15.4. The van der Waals surface area contributed by atoms with Crippen molar-refractivity contribution < 1.29 is 22.3 Å². The molecule has 27 heavy (non-hydrogen) atoms. The van der Waals surface area contributed by atoms with Gasteiger partial charge in [0.2, 0.25) is 15.9 Å². The number of nitrogens with one attached hydrogen (secondary N) is 3. The summed E-state index contributed by atoms with van der Waals surface area (Å²) in [4.78, 5) is 16.8. The maximum atomic E-state index is 14.6. The highest BCUT2D eigenvalue weighted by Crippen LogP contribution is 2.37. The highest BCUT2D eigenvalue weighted by atomic mass is 35.5. The van der Waals surface area contributed by atoms with E-state index >= 15 is 0 Å². The number of carbonyl (C=O) groups is 1. The number of halogens is 2. The summed E-state index contributed by atoms with van der Waals surface area (Å²) < 4.78 is 44.4. The van der Waals surface area contributed by atoms with Gasteiger partial charge in [0.1, 0.15) is 6.17 Å². The Balaban J connectivity index is 1.58. The zero-order valence-corrected chi connectivity index (χ0v) is 16.9. The molecule has 0 radical (unpaired) electrons. The van der Waals surface area contributed by atoms with E-state index in [9.17, 15) is 17.6 Å². The summed E-state index contributed by atoms with van der Waals surface area (Å²) >= 11 is 6.18. The maximum Gasteiger partial charge on any atom is 0.241 e. The highest BCUT2D eigenvalue weighted by molar-refractivity contribution is 7.90. The number of nitrogens with zero attached hydrogens (tertiary/aromatic N) is 1. The fraction of sp³-hybridized carbons (Fsp3) is 0.938. The number of hydrazine groups is 1. The first-order valence-corrected chi connectivity index (χ1v) is 11.3. The van der Waals surface area contributed by atoms with Crippen LogP contribution in [0.3, 0.4) is 0 Å². The fourth-order valence-corrected chi connectivity index (χ4v) is 5.77. The van der Waals surface area contributed by atoms with Crippen LogP contribution in [0, 0.1) is 11.8 Å². The summed E-state index contributed by atoms with van der Waals surface area (Å²) in [5.74, 6) is -1.58. The van der Waals surface area contributed by atoms with Gasteiger partial charge in [0.25, 0.3) is 0 Å². The van der Waals surface area contributed by atoms with Gasteiger partial charge in [0, 0.05) is 32.5 Å². The molecule has 3 fully saturated rings. The smallest absolute Gasteiger partial charge is 0.241 e. The Labute approximate surface area is 164 Å². The van der Waals surface area contributed by atoms with Crippen molar-refractivity contribution in [3.05, 3.63) is 0 Å². The third-order valence-corrected chi connectivity index (χ3v) is 7.93. The van der Waals surface area contributed by atoms with Crippen molar-refractivity contribution in [2.75, 3.05) is 33.5 Å². The third kappa shape index (κ3) is 5.10. The van der Waals surface area contributed by atoms with E-state index in [2.05, 4.69) is 20.5 Å². The predicted octanol–water partition coefficient (Wildman–Crippen LogP) is -0.0512. The van der Waals surface area contributed by atoms with Crippen LogP contribution in [-0.2, 0) is 19.6 Å². The standard InChI is InChI=1S/C16H28ClFN4O4S/c1-22-8-14(19-9-22)10-6-12(15(18)13(17)7-10)16(23)20-21-27(24,25)11-2-4-26-5-3-11/h10-15,19,21H,2-9H2,1H3,(H,20,23). The Bertz CT molecular complexity index is 634. The van der Waals surface area contributed by atoms with Crippen molar-refractivity contribution in [2.45, 2.75) is 48.5 Å². The summed E-state index contributed by atoms with van der Waals surface area (Å²) in [6, 6.07) is 0.151. The topological polar surface area (TPSA) is 99.8 Å². The molecule has 0 aromatic rings. The van der Waals surface area contributed by atoms with E-state index in [0.29, 0.717) is 38.9 Å². The molecule has 0 spiro atoms. The van der Waals surface area contributed by atoms with Gasteiger partial charge in [-0.15, -0.1) is 16.4 Å². The number of ether oxygens (including phenoxy) is 1. The van der Waals surface area contributed by atoms with Crippen LogP contribution in [0.1, 0.15) is 25.7 Å². The van der Waals surface area contributed by atoms with E-state index in [1.54, 1.807) is 0 Å². The SMILES string of the molecule is CN1CNC(C2CC(Cl)C(F)C(C(=O)NNS(=O)(=O)C3CCOCC3)C2)C1. The Morgan fingerprint density at radius 1 is 1.30 bits per heavy atom. The van der Waals surface area contributed by atoms with E-state index in [1.165, 1.54) is 0 Å². The van der Waals surface area contributed by atoms with Gasteiger partial charge in [-0.1, -0.05) is 0 Å². The quantitative estimate of drug-likeness (QED) is 0.421. The molecule has 0 aromatic heterocycles. The Morgan fingerprint density at radius 2 is 2.00 bits per heavy atom. The maximum absolute atomic E-state index is 14.6. The Kier molecular flexibility index (Phi) is 6.97. The molecule has 3 aliphatic rings. The minimum atomic E-state index is -3.72. The largest absolute Gasteiger partial charge is 0.381 e. The Hall–Kier alpha value is -0.520. The van der Waals surface area contributed by atoms with Crippen molar-refractivity contribution in [3.8, 4) is 0 Å². The molecule has 5 unspecified atom stereocenters. The van der Waals surface area contributed by atoms with Crippen molar-refractivity contribution in [3.63, 3.8) is 0 Å². The van der Waals surface area contributed by atoms with Crippen LogP contribution < -0.4 is 15.6 Å². The van der Waals surface area contributed by atoms with Crippen molar-refractivity contribution >= 4 is 27.5 Å². The third-order valence-electron chi connectivity index (χ3n) is 5.78. The number of amides is 1. The number of likely N-dealkylation sites (N-methyl/N-ethyl adjacent to an activating group) is 1. The molecule has 3 N–H and O–H groups in total. The second-order valence-electron chi connectivity index (χ2n) is 7.75. The molecule has 3 rings (SSSR count). The van der Waals surface area contributed by atoms with E-state index in [-0.39, 0.29) is 12.0 Å². The number of sulfonamides is 1. The summed E-state index contributed by atoms with van der Waals surface area (Å²) in [6.07, 6.45) is 0.0572. The molecular weight excluding hydrogens is 399 g/mol. The molecule has 5 atom stereocenters. The van der Waals surface area contributed by atoms with Crippen molar-refractivity contribution in [1.82, 2.24) is 20.5 Å². The highest BCUT2D eigenvalue weighted by Gasteiger charge is 2.44. The normalized spacial score (nSPS) is 36.6. The van der Waals surface area contributed by atoms with Crippen LogP contribution >= 0.6 is 11.6 Å². The summed E-state index contributed by atoms with van der Waals surface area (Å²) in [5.41, 5.74) is 2.21. The first-order chi connectivity index (χ1) is 12.8. The molecular formula is C16H28ClFN4O4S. The van der Waals surface area contributed by atoms with Crippen LogP contribution in [0.15, 0.2) is 0 Å². The van der Waals surface area contributed by atoms with Crippen molar-refractivity contribution in [2.24, 2.45) is 11.8 Å². The van der Waals surface area contributed by atoms with E-state index in [4.69, 9.17) is 16.3 Å². The molecule has 11 heteroatoms. The Morgan fingerprint density at radius 3 is 2.63 bits per heavy atom. The lowest BCUT2D eigenvalue weighted by Crippen LogP contribution is -2.53. The van der Waals surface area contributed by atoms with Crippen LogP contribution in [0.25, 0.3) is 0 Å². The average Bonchev–Trinajstić information content (AvgIpc) is 3.09. The molecule has 1 aliphatic carbocycles. The molecule has 8 nitrogen and oxygen atoms in total.